The van der Waals surface area contributed by atoms with Crippen molar-refractivity contribution in [2.75, 3.05) is 11.5 Å². The standard InChI is InChI=1S/C8H12N2.2ClH.Pt/c1-5-3-7(9)8(10)4-6(5)2;;;/h3-4H,9-10H2,1-2H3;2*1H;/q;;;+2/p-2. The van der Waals surface area contributed by atoms with Crippen molar-refractivity contribution in [2.45, 2.75) is 13.8 Å². The molecule has 0 unspecified atom stereocenters. The van der Waals surface area contributed by atoms with Crippen molar-refractivity contribution >= 4 is 30.2 Å². The Bertz CT molecular complexity index is 229. The summed E-state index contributed by atoms with van der Waals surface area (Å²) >= 11 is -0.472. The van der Waals surface area contributed by atoms with Crippen LogP contribution in [0.3, 0.4) is 0 Å². The maximum absolute atomic E-state index is 5.56. The second-order valence-electron chi connectivity index (χ2n) is 2.61. The van der Waals surface area contributed by atoms with Gasteiger partial charge in [0, 0.05) is 0 Å². The van der Waals surface area contributed by atoms with E-state index in [4.69, 9.17) is 30.3 Å². The Morgan fingerprint density at radius 2 is 1.23 bits per heavy atom. The average Bonchev–Trinajstić information content (AvgIpc) is 2.03. The number of aryl methyl sites for hydroxylation is 2. The molecule has 0 aliphatic rings. The van der Waals surface area contributed by atoms with Crippen LogP contribution in [0, 0.1) is 13.8 Å². The summed E-state index contributed by atoms with van der Waals surface area (Å²) in [5.41, 5.74) is 14.8. The van der Waals surface area contributed by atoms with Crippen LogP contribution in [0.4, 0.5) is 11.4 Å². The number of halogens is 2. The van der Waals surface area contributed by atoms with Gasteiger partial charge in [-0.3, -0.25) is 0 Å². The van der Waals surface area contributed by atoms with Crippen molar-refractivity contribution in [2.24, 2.45) is 0 Å². The van der Waals surface area contributed by atoms with Gasteiger partial charge in [-0.05, 0) is 37.1 Å². The number of anilines is 2. The first-order valence-electron chi connectivity index (χ1n) is 3.47. The molecule has 0 saturated heterocycles. The topological polar surface area (TPSA) is 52.0 Å². The van der Waals surface area contributed by atoms with Crippen molar-refractivity contribution < 1.29 is 16.5 Å². The molecule has 0 saturated carbocycles. The van der Waals surface area contributed by atoms with Gasteiger partial charge in [0.25, 0.3) is 0 Å². The minimum atomic E-state index is -0.472. The minimum absolute atomic E-state index is 0.472. The molecule has 1 aromatic carbocycles. The second kappa shape index (κ2) is 6.53. The van der Waals surface area contributed by atoms with E-state index in [0.29, 0.717) is 11.4 Å². The van der Waals surface area contributed by atoms with Crippen molar-refractivity contribution in [3.8, 4) is 0 Å². The summed E-state index contributed by atoms with van der Waals surface area (Å²) in [6.45, 7) is 4.04. The van der Waals surface area contributed by atoms with Gasteiger partial charge in [0.1, 0.15) is 0 Å². The van der Waals surface area contributed by atoms with Gasteiger partial charge in [-0.2, -0.15) is 0 Å². The van der Waals surface area contributed by atoms with Gasteiger partial charge >= 0.3 is 35.3 Å². The molecule has 0 aliphatic heterocycles. The van der Waals surface area contributed by atoms with Crippen molar-refractivity contribution in [1.82, 2.24) is 0 Å². The molecular formula is C8H12Cl2N2Pt. The Morgan fingerprint density at radius 1 is 1.00 bits per heavy atom. The van der Waals surface area contributed by atoms with E-state index in [-0.39, 0.29) is 0 Å². The summed E-state index contributed by atoms with van der Waals surface area (Å²) in [7, 11) is 9.75. The number of hydrogen-bond acceptors (Lipinski definition) is 2. The fourth-order valence-electron chi connectivity index (χ4n) is 0.861. The molecule has 0 radical (unpaired) electrons. The van der Waals surface area contributed by atoms with Crippen molar-refractivity contribution in [3.63, 3.8) is 0 Å². The van der Waals surface area contributed by atoms with E-state index < -0.39 is 16.5 Å². The molecule has 0 atom stereocenters. The summed E-state index contributed by atoms with van der Waals surface area (Å²) < 4.78 is 0. The molecule has 13 heavy (non-hydrogen) atoms. The molecule has 78 valence electrons. The number of nitrogens with two attached hydrogens (primary N) is 2. The van der Waals surface area contributed by atoms with Gasteiger partial charge in [-0.15, -0.1) is 0 Å². The summed E-state index contributed by atoms with van der Waals surface area (Å²) in [5.74, 6) is 0. The van der Waals surface area contributed by atoms with Crippen LogP contribution >= 0.6 is 18.8 Å². The molecule has 0 spiro atoms. The van der Waals surface area contributed by atoms with Crippen LogP contribution in [0.1, 0.15) is 11.1 Å². The van der Waals surface area contributed by atoms with Crippen molar-refractivity contribution in [1.29, 1.82) is 0 Å². The zero-order valence-electron chi connectivity index (χ0n) is 7.38. The van der Waals surface area contributed by atoms with Crippen LogP contribution in [-0.2, 0) is 16.5 Å². The SMILES string of the molecule is Cc1cc(N)c(N)cc1C.[Cl][Pt][Cl]. The fraction of sp³-hybridized carbons (Fsp3) is 0.250. The Labute approximate surface area is 95.0 Å². The summed E-state index contributed by atoms with van der Waals surface area (Å²) in [5, 5.41) is 0. The molecule has 0 heterocycles. The molecule has 0 fully saturated rings. The van der Waals surface area contributed by atoms with Crippen LogP contribution in [-0.4, -0.2) is 0 Å². The first-order chi connectivity index (χ1) is 6.02. The van der Waals surface area contributed by atoms with E-state index in [2.05, 4.69) is 0 Å². The molecule has 4 N–H and O–H groups in total. The van der Waals surface area contributed by atoms with Crippen LogP contribution in [0.5, 0.6) is 0 Å². The Kier molecular flexibility index (Phi) is 6.57. The van der Waals surface area contributed by atoms with Crippen LogP contribution in [0.15, 0.2) is 12.1 Å². The third kappa shape index (κ3) is 4.75. The van der Waals surface area contributed by atoms with Gasteiger partial charge in [0.05, 0.1) is 11.4 Å². The maximum atomic E-state index is 5.56. The van der Waals surface area contributed by atoms with Crippen molar-refractivity contribution in [3.05, 3.63) is 23.3 Å². The van der Waals surface area contributed by atoms with Gasteiger partial charge in [-0.1, -0.05) is 0 Å². The van der Waals surface area contributed by atoms with E-state index in [1.807, 2.05) is 26.0 Å². The molecule has 1 rings (SSSR count). The predicted octanol–water partition coefficient (Wildman–Crippen LogP) is 2.84. The molecule has 5 heteroatoms. The molecule has 0 amide bonds. The Balaban J connectivity index is 0.000000424. The molecule has 0 aromatic heterocycles. The quantitative estimate of drug-likeness (QED) is 0.656. The summed E-state index contributed by atoms with van der Waals surface area (Å²) in [6.07, 6.45) is 0. The van der Waals surface area contributed by atoms with Crippen LogP contribution in [0.25, 0.3) is 0 Å². The molecule has 0 bridgehead atoms. The second-order valence-corrected chi connectivity index (χ2v) is 5.89. The number of rotatable bonds is 0. The predicted molar refractivity (Wildman–Crippen MR) is 56.4 cm³/mol. The zero-order valence-corrected chi connectivity index (χ0v) is 11.2. The Hall–Kier alpha value is 0.0883. The van der Waals surface area contributed by atoms with Gasteiger partial charge < -0.3 is 11.5 Å². The first kappa shape index (κ1) is 13.1. The average molecular weight is 402 g/mol. The monoisotopic (exact) mass is 401 g/mol. The van der Waals surface area contributed by atoms with E-state index in [0.717, 1.165) is 0 Å². The van der Waals surface area contributed by atoms with E-state index in [9.17, 15) is 0 Å². The molecule has 1 aromatic rings. The van der Waals surface area contributed by atoms with E-state index in [1.165, 1.54) is 11.1 Å². The third-order valence-corrected chi connectivity index (χ3v) is 1.70. The van der Waals surface area contributed by atoms with E-state index in [1.54, 1.807) is 0 Å². The third-order valence-electron chi connectivity index (χ3n) is 1.70. The van der Waals surface area contributed by atoms with Gasteiger partial charge in [0.2, 0.25) is 0 Å². The fourth-order valence-corrected chi connectivity index (χ4v) is 0.861. The van der Waals surface area contributed by atoms with Gasteiger partial charge in [0.15, 0.2) is 0 Å². The number of hydrogen-bond donors (Lipinski definition) is 2. The summed E-state index contributed by atoms with van der Waals surface area (Å²) in [6, 6.07) is 3.79. The first-order valence-corrected chi connectivity index (χ1v) is 9.10. The normalized spacial score (nSPS) is 9.23. The summed E-state index contributed by atoms with van der Waals surface area (Å²) in [4.78, 5) is 0. The van der Waals surface area contributed by atoms with Gasteiger partial charge in [-0.25, -0.2) is 0 Å². The molecular weight excluding hydrogens is 390 g/mol. The van der Waals surface area contributed by atoms with Crippen LogP contribution in [0.2, 0.25) is 0 Å². The molecule has 2 nitrogen and oxygen atoms in total. The Morgan fingerprint density at radius 3 is 1.46 bits per heavy atom. The van der Waals surface area contributed by atoms with Crippen LogP contribution < -0.4 is 11.5 Å². The number of nitrogen functional groups attached to an aromatic ring is 2. The number of benzene rings is 1. The van der Waals surface area contributed by atoms with E-state index >= 15 is 0 Å². The zero-order chi connectivity index (χ0) is 10.4. The molecule has 0 aliphatic carbocycles.